The van der Waals surface area contributed by atoms with Crippen LogP contribution in [0.15, 0.2) is 48.5 Å². The Morgan fingerprint density at radius 1 is 0.795 bits per heavy atom. The van der Waals surface area contributed by atoms with E-state index < -0.39 is 0 Å². The highest BCUT2D eigenvalue weighted by Crippen LogP contribution is 2.30. The first kappa shape index (κ1) is 26.9. The molecule has 0 spiro atoms. The number of carbonyl (C=O) groups is 4. The highest BCUT2D eigenvalue weighted by Gasteiger charge is 2.34. The second-order valence-corrected chi connectivity index (χ2v) is 10.6. The number of likely N-dealkylation sites (tertiary alicyclic amines) is 1. The van der Waals surface area contributed by atoms with Crippen molar-refractivity contribution in [3.05, 3.63) is 59.7 Å². The third-order valence-electron chi connectivity index (χ3n) is 7.83. The van der Waals surface area contributed by atoms with Gasteiger partial charge in [-0.1, -0.05) is 18.6 Å². The summed E-state index contributed by atoms with van der Waals surface area (Å²) in [6.07, 6.45) is 4.79. The number of carbonyl (C=O) groups excluding carboxylic acids is 4. The molecule has 1 unspecified atom stereocenters. The summed E-state index contributed by atoms with van der Waals surface area (Å²) in [6, 6.07) is 14.2. The molecule has 2 aliphatic heterocycles. The van der Waals surface area contributed by atoms with Crippen molar-refractivity contribution < 1.29 is 23.9 Å². The number of hydrogen-bond acceptors (Lipinski definition) is 5. The molecule has 1 saturated carbocycles. The van der Waals surface area contributed by atoms with E-state index >= 15 is 0 Å². The molecule has 2 aromatic rings. The van der Waals surface area contributed by atoms with E-state index in [2.05, 4.69) is 10.6 Å². The van der Waals surface area contributed by atoms with Crippen LogP contribution in [0.1, 0.15) is 48.0 Å². The SMILES string of the molecule is O=C(Cc1cccc(NC(=O)C2CCCN(C(=O)C3CCC3)C2)c1)Nc1ccc(C(=O)N2CCOCC2)cc1. The standard InChI is InChI=1S/C30H36N4O5/c35-27(31-25-11-9-23(10-12-25)29(37)33-14-16-39-17-15-33)19-21-4-1-8-26(18-21)32-28(36)24-7-3-13-34(20-24)30(38)22-5-2-6-22/h1,4,8-12,18,22,24H,2-3,5-7,13-17,19-20H2,(H,31,35)(H,32,36). The van der Waals surface area contributed by atoms with Gasteiger partial charge in [-0.25, -0.2) is 0 Å². The highest BCUT2D eigenvalue weighted by molar-refractivity contribution is 5.97. The van der Waals surface area contributed by atoms with Gasteiger partial charge >= 0.3 is 0 Å². The van der Waals surface area contributed by atoms with Crippen molar-refractivity contribution >= 4 is 35.0 Å². The van der Waals surface area contributed by atoms with Crippen LogP contribution >= 0.6 is 0 Å². The van der Waals surface area contributed by atoms with Crippen LogP contribution in [-0.2, 0) is 25.5 Å². The van der Waals surface area contributed by atoms with Gasteiger partial charge in [-0.05, 0) is 67.6 Å². The molecule has 2 aromatic carbocycles. The molecule has 3 aliphatic rings. The number of anilines is 2. The van der Waals surface area contributed by atoms with Gasteiger partial charge in [0.15, 0.2) is 0 Å². The van der Waals surface area contributed by atoms with Crippen LogP contribution in [-0.4, -0.2) is 72.8 Å². The van der Waals surface area contributed by atoms with Gasteiger partial charge in [-0.2, -0.15) is 0 Å². The summed E-state index contributed by atoms with van der Waals surface area (Å²) in [5.74, 6) is -0.207. The second-order valence-electron chi connectivity index (χ2n) is 10.6. The zero-order chi connectivity index (χ0) is 27.2. The highest BCUT2D eigenvalue weighted by atomic mass is 16.5. The Kier molecular flexibility index (Phi) is 8.56. The van der Waals surface area contributed by atoms with E-state index in [1.807, 2.05) is 29.2 Å². The van der Waals surface area contributed by atoms with Crippen molar-refractivity contribution in [2.75, 3.05) is 50.0 Å². The first-order chi connectivity index (χ1) is 19.0. The van der Waals surface area contributed by atoms with Gasteiger partial charge in [0.25, 0.3) is 5.91 Å². The van der Waals surface area contributed by atoms with Gasteiger partial charge in [0, 0.05) is 49.0 Å². The Morgan fingerprint density at radius 3 is 2.26 bits per heavy atom. The van der Waals surface area contributed by atoms with Crippen molar-refractivity contribution in [1.29, 1.82) is 0 Å². The Balaban J connectivity index is 1.12. The summed E-state index contributed by atoms with van der Waals surface area (Å²) in [4.78, 5) is 54.5. The van der Waals surface area contributed by atoms with Crippen LogP contribution in [0.25, 0.3) is 0 Å². The molecule has 2 N–H and O–H groups in total. The van der Waals surface area contributed by atoms with Crippen molar-refractivity contribution in [3.8, 4) is 0 Å². The maximum atomic E-state index is 13.0. The van der Waals surface area contributed by atoms with Crippen LogP contribution < -0.4 is 10.6 Å². The number of hydrogen-bond donors (Lipinski definition) is 2. The van der Waals surface area contributed by atoms with Gasteiger partial charge in [0.1, 0.15) is 0 Å². The molecule has 2 heterocycles. The predicted molar refractivity (Wildman–Crippen MR) is 147 cm³/mol. The number of morpholine rings is 1. The fraction of sp³-hybridized carbons (Fsp3) is 0.467. The number of nitrogens with zero attached hydrogens (tertiary/aromatic N) is 2. The topological polar surface area (TPSA) is 108 Å². The molecular weight excluding hydrogens is 496 g/mol. The molecule has 4 amide bonds. The smallest absolute Gasteiger partial charge is 0.254 e. The average Bonchev–Trinajstić information content (AvgIpc) is 2.93. The van der Waals surface area contributed by atoms with E-state index in [0.29, 0.717) is 49.8 Å². The molecule has 39 heavy (non-hydrogen) atoms. The van der Waals surface area contributed by atoms with Crippen LogP contribution in [0.2, 0.25) is 0 Å². The molecule has 3 fully saturated rings. The Bertz CT molecular complexity index is 1200. The number of ether oxygens (including phenoxy) is 1. The van der Waals surface area contributed by atoms with E-state index in [0.717, 1.165) is 44.2 Å². The minimum atomic E-state index is -0.229. The number of nitrogens with one attached hydrogen (secondary N) is 2. The lowest BCUT2D eigenvalue weighted by molar-refractivity contribution is -0.141. The van der Waals surface area contributed by atoms with Crippen LogP contribution in [0.3, 0.4) is 0 Å². The Hall–Kier alpha value is -3.72. The molecule has 5 rings (SSSR count). The van der Waals surface area contributed by atoms with E-state index in [-0.39, 0.29) is 41.9 Å². The van der Waals surface area contributed by atoms with Crippen LogP contribution in [0, 0.1) is 11.8 Å². The van der Waals surface area contributed by atoms with E-state index in [1.165, 1.54) is 0 Å². The number of rotatable bonds is 7. The largest absolute Gasteiger partial charge is 0.378 e. The maximum absolute atomic E-state index is 13.0. The quantitative estimate of drug-likeness (QED) is 0.569. The third-order valence-corrected chi connectivity index (χ3v) is 7.83. The molecule has 1 atom stereocenters. The lowest BCUT2D eigenvalue weighted by Crippen LogP contribution is -2.47. The summed E-state index contributed by atoms with van der Waals surface area (Å²) < 4.78 is 5.30. The van der Waals surface area contributed by atoms with Crippen molar-refractivity contribution in [2.45, 2.75) is 38.5 Å². The zero-order valence-electron chi connectivity index (χ0n) is 22.2. The molecule has 0 bridgehead atoms. The second kappa shape index (κ2) is 12.4. The van der Waals surface area contributed by atoms with Gasteiger partial charge in [-0.3, -0.25) is 19.2 Å². The summed E-state index contributed by atoms with van der Waals surface area (Å²) in [7, 11) is 0. The average molecular weight is 533 g/mol. The van der Waals surface area contributed by atoms with Gasteiger partial charge in [-0.15, -0.1) is 0 Å². The summed E-state index contributed by atoms with van der Waals surface area (Å²) in [6.45, 7) is 3.46. The number of benzene rings is 2. The molecule has 9 nitrogen and oxygen atoms in total. The molecular formula is C30H36N4O5. The fourth-order valence-corrected chi connectivity index (χ4v) is 5.34. The monoisotopic (exact) mass is 532 g/mol. The normalized spacial score (nSPS) is 19.6. The lowest BCUT2D eigenvalue weighted by atomic mass is 9.83. The predicted octanol–water partition coefficient (Wildman–Crippen LogP) is 3.32. The maximum Gasteiger partial charge on any atom is 0.254 e. The van der Waals surface area contributed by atoms with Gasteiger partial charge < -0.3 is 25.2 Å². The molecule has 206 valence electrons. The molecule has 9 heteroatoms. The van der Waals surface area contributed by atoms with Crippen molar-refractivity contribution in [3.63, 3.8) is 0 Å². The van der Waals surface area contributed by atoms with Crippen LogP contribution in [0.5, 0.6) is 0 Å². The molecule has 1 aliphatic carbocycles. The molecule has 2 saturated heterocycles. The third kappa shape index (κ3) is 6.84. The molecule has 0 aromatic heterocycles. The van der Waals surface area contributed by atoms with E-state index in [1.54, 1.807) is 29.2 Å². The first-order valence-corrected chi connectivity index (χ1v) is 13.9. The number of amides is 4. The van der Waals surface area contributed by atoms with Crippen molar-refractivity contribution in [2.24, 2.45) is 11.8 Å². The number of piperidine rings is 1. The lowest BCUT2D eigenvalue weighted by Gasteiger charge is -2.36. The van der Waals surface area contributed by atoms with Crippen LogP contribution in [0.4, 0.5) is 11.4 Å². The first-order valence-electron chi connectivity index (χ1n) is 13.9. The molecule has 0 radical (unpaired) electrons. The fourth-order valence-electron chi connectivity index (χ4n) is 5.34. The van der Waals surface area contributed by atoms with Crippen molar-refractivity contribution in [1.82, 2.24) is 9.80 Å². The van der Waals surface area contributed by atoms with Gasteiger partial charge in [0.2, 0.25) is 17.7 Å². The summed E-state index contributed by atoms with van der Waals surface area (Å²) in [5.41, 5.74) is 2.60. The Morgan fingerprint density at radius 2 is 1.54 bits per heavy atom. The zero-order valence-corrected chi connectivity index (χ0v) is 22.2. The minimum absolute atomic E-state index is 0.0408. The Labute approximate surface area is 228 Å². The van der Waals surface area contributed by atoms with E-state index in [4.69, 9.17) is 4.74 Å². The minimum Gasteiger partial charge on any atom is -0.378 e. The van der Waals surface area contributed by atoms with E-state index in [9.17, 15) is 19.2 Å². The van der Waals surface area contributed by atoms with Gasteiger partial charge in [0.05, 0.1) is 25.6 Å². The summed E-state index contributed by atoms with van der Waals surface area (Å²) in [5, 5.41) is 5.86. The summed E-state index contributed by atoms with van der Waals surface area (Å²) >= 11 is 0.